The van der Waals surface area contributed by atoms with Gasteiger partial charge in [-0.15, -0.1) is 0 Å². The van der Waals surface area contributed by atoms with E-state index < -0.39 is 24.1 Å². The number of nitrogens with zero attached hydrogens (tertiary/aromatic N) is 1. The van der Waals surface area contributed by atoms with Crippen molar-refractivity contribution in [2.45, 2.75) is 26.7 Å². The number of benzene rings is 3. The van der Waals surface area contributed by atoms with Gasteiger partial charge in [0.05, 0.1) is 5.69 Å². The zero-order valence-electron chi connectivity index (χ0n) is 26.6. The van der Waals surface area contributed by atoms with Crippen LogP contribution in [0.3, 0.4) is 0 Å². The molecule has 3 aromatic carbocycles. The van der Waals surface area contributed by atoms with Crippen LogP contribution in [-0.4, -0.2) is 56.6 Å². The van der Waals surface area contributed by atoms with Gasteiger partial charge in [-0.25, -0.2) is 24.0 Å². The van der Waals surface area contributed by atoms with Crippen molar-refractivity contribution in [2.75, 3.05) is 37.1 Å². The molecule has 12 nitrogen and oxygen atoms in total. The molecule has 12 heteroatoms. The lowest BCUT2D eigenvalue weighted by Crippen LogP contribution is -2.17. The molecule has 0 aliphatic heterocycles. The predicted octanol–water partition coefficient (Wildman–Crippen LogP) is 7.39. The molecule has 0 heterocycles. The summed E-state index contributed by atoms with van der Waals surface area (Å²) in [5.74, 6) is -1.09. The first-order chi connectivity index (χ1) is 22.8. The quantitative estimate of drug-likeness (QED) is 0.0510. The van der Waals surface area contributed by atoms with Crippen molar-refractivity contribution < 1.29 is 42.9 Å². The highest BCUT2D eigenvalue weighted by atomic mass is 16.6. The Hall–Kier alpha value is -6.00. The number of rotatable bonds is 12. The van der Waals surface area contributed by atoms with E-state index in [-0.39, 0.29) is 26.4 Å². The Morgan fingerprint density at radius 1 is 0.617 bits per heavy atom. The van der Waals surface area contributed by atoms with Crippen molar-refractivity contribution in [3.05, 3.63) is 116 Å². The summed E-state index contributed by atoms with van der Waals surface area (Å²) < 4.78 is 18.8. The van der Waals surface area contributed by atoms with Crippen LogP contribution in [0.4, 0.5) is 26.7 Å². The maximum Gasteiger partial charge on any atom is 0.411 e. The second kappa shape index (κ2) is 28.8. The molecule has 0 aliphatic rings. The summed E-state index contributed by atoms with van der Waals surface area (Å²) in [6, 6.07) is 26.8. The lowest BCUT2D eigenvalue weighted by molar-refractivity contribution is -0.139. The van der Waals surface area contributed by atoms with Gasteiger partial charge in [-0.3, -0.25) is 10.6 Å². The molecule has 0 atom stereocenters. The summed E-state index contributed by atoms with van der Waals surface area (Å²) in [5, 5.41) is 5.04. The molecular formula is C35H41N3O9. The monoisotopic (exact) mass is 647 g/mol. The van der Waals surface area contributed by atoms with Gasteiger partial charge in [0.25, 0.3) is 0 Å². The van der Waals surface area contributed by atoms with Gasteiger partial charge in [-0.2, -0.15) is 4.99 Å². The minimum atomic E-state index is -0.592. The molecule has 47 heavy (non-hydrogen) atoms. The Morgan fingerprint density at radius 2 is 0.957 bits per heavy atom. The molecule has 0 aliphatic carbocycles. The molecule has 3 aromatic rings. The maximum absolute atomic E-state index is 11.2. The van der Waals surface area contributed by atoms with Crippen LogP contribution >= 0.6 is 0 Å². The standard InChI is InChI=1S/2C12H13NO4.C7H5NO.C4H10/c2*1-2-11(14)16-8-9-17-12(15)13-10-6-4-3-5-7-10;9-6-8-7-4-2-1-3-5-7;1-3-4-2/h2*2-7H,1,8-9H2,(H,13,15);1-5H;3-4H2,1-2H3. The summed E-state index contributed by atoms with van der Waals surface area (Å²) in [6.07, 6.45) is 5.01. The topological polar surface area (TPSA) is 159 Å². The van der Waals surface area contributed by atoms with Crippen molar-refractivity contribution in [2.24, 2.45) is 4.99 Å². The van der Waals surface area contributed by atoms with Gasteiger partial charge in [0, 0.05) is 23.5 Å². The molecule has 0 unspecified atom stereocenters. The molecule has 0 saturated carbocycles. The Kier molecular flexibility index (Phi) is 25.1. The predicted molar refractivity (Wildman–Crippen MR) is 180 cm³/mol. The molecule has 0 spiro atoms. The van der Waals surface area contributed by atoms with Crippen LogP contribution in [0.1, 0.15) is 26.7 Å². The van der Waals surface area contributed by atoms with Crippen LogP contribution in [0.5, 0.6) is 0 Å². The first kappa shape index (κ1) is 41.0. The highest BCUT2D eigenvalue weighted by Crippen LogP contribution is 2.07. The molecule has 0 radical (unpaired) electrons. The van der Waals surface area contributed by atoms with Crippen LogP contribution in [-0.2, 0) is 33.3 Å². The Morgan fingerprint density at radius 3 is 1.28 bits per heavy atom. The number of anilines is 2. The number of carbonyl (C=O) groups excluding carboxylic acids is 5. The summed E-state index contributed by atoms with van der Waals surface area (Å²) >= 11 is 0. The summed E-state index contributed by atoms with van der Waals surface area (Å²) in [5.41, 5.74) is 1.92. The Balaban J connectivity index is 0.000000662. The average Bonchev–Trinajstić information content (AvgIpc) is 3.10. The number of ether oxygens (including phenoxy) is 4. The lowest BCUT2D eigenvalue weighted by Gasteiger charge is -2.06. The van der Waals surface area contributed by atoms with Gasteiger partial charge in [-0.05, 0) is 36.4 Å². The van der Waals surface area contributed by atoms with Gasteiger partial charge >= 0.3 is 24.1 Å². The second-order valence-corrected chi connectivity index (χ2v) is 8.54. The Bertz CT molecular complexity index is 1280. The van der Waals surface area contributed by atoms with Crippen LogP contribution in [0.25, 0.3) is 0 Å². The smallest absolute Gasteiger partial charge is 0.411 e. The SMILES string of the molecule is C=CC(=O)OCCOC(=O)Nc1ccccc1.C=CC(=O)OCCOC(=O)Nc1ccccc1.CCCC.O=C=Nc1ccccc1. The van der Waals surface area contributed by atoms with Crippen molar-refractivity contribution in [3.63, 3.8) is 0 Å². The molecule has 2 amide bonds. The average molecular weight is 648 g/mol. The van der Waals surface area contributed by atoms with Gasteiger partial charge in [0.1, 0.15) is 26.4 Å². The van der Waals surface area contributed by atoms with Gasteiger partial charge in [0.15, 0.2) is 0 Å². The molecule has 2 N–H and O–H groups in total. The van der Waals surface area contributed by atoms with E-state index in [1.165, 1.54) is 18.9 Å². The van der Waals surface area contributed by atoms with Gasteiger partial charge in [-0.1, -0.05) is 94.4 Å². The number of esters is 2. The fraction of sp³-hybridized carbons (Fsp3) is 0.229. The van der Waals surface area contributed by atoms with Gasteiger partial charge < -0.3 is 18.9 Å². The number of nitrogens with one attached hydrogen (secondary N) is 2. The number of amides is 2. The minimum absolute atomic E-state index is 0.00174. The first-order valence-corrected chi connectivity index (χ1v) is 14.5. The number of hydrogen-bond acceptors (Lipinski definition) is 10. The molecule has 250 valence electrons. The van der Waals surface area contributed by atoms with E-state index in [1.807, 2.05) is 30.3 Å². The highest BCUT2D eigenvalue weighted by Gasteiger charge is 2.04. The minimum Gasteiger partial charge on any atom is -0.459 e. The molecule has 0 bridgehead atoms. The van der Waals surface area contributed by atoms with Crippen LogP contribution < -0.4 is 10.6 Å². The number of hydrogen-bond donors (Lipinski definition) is 2. The van der Waals surface area contributed by atoms with Crippen molar-refractivity contribution >= 4 is 47.3 Å². The van der Waals surface area contributed by atoms with E-state index in [9.17, 15) is 24.0 Å². The fourth-order valence-electron chi connectivity index (χ4n) is 2.58. The van der Waals surface area contributed by atoms with Crippen molar-refractivity contribution in [1.82, 2.24) is 0 Å². The largest absolute Gasteiger partial charge is 0.459 e. The van der Waals surface area contributed by atoms with E-state index in [4.69, 9.17) is 9.47 Å². The molecule has 3 rings (SSSR count). The summed E-state index contributed by atoms with van der Waals surface area (Å²) in [4.78, 5) is 56.9. The third kappa shape index (κ3) is 25.1. The number of aliphatic imine (C=N–C) groups is 1. The third-order valence-electron chi connectivity index (χ3n) is 4.93. The number of unbranched alkanes of at least 4 members (excludes halogenated alkanes) is 1. The first-order valence-electron chi connectivity index (χ1n) is 14.5. The molecule has 0 aromatic heterocycles. The van der Waals surface area contributed by atoms with Crippen molar-refractivity contribution in [3.8, 4) is 0 Å². The lowest BCUT2D eigenvalue weighted by atomic mass is 10.3. The summed E-state index contributed by atoms with van der Waals surface area (Å²) in [6.45, 7) is 10.8. The Labute approximate surface area is 275 Å². The zero-order valence-corrected chi connectivity index (χ0v) is 26.6. The maximum atomic E-state index is 11.2. The fourth-order valence-corrected chi connectivity index (χ4v) is 2.58. The zero-order chi connectivity index (χ0) is 35.0. The van der Waals surface area contributed by atoms with E-state index in [2.05, 4.69) is 52.1 Å². The second-order valence-electron chi connectivity index (χ2n) is 8.54. The normalized spacial score (nSPS) is 8.81. The molecular weight excluding hydrogens is 606 g/mol. The van der Waals surface area contributed by atoms with Crippen molar-refractivity contribution in [1.29, 1.82) is 0 Å². The molecule has 0 fully saturated rings. The number of para-hydroxylation sites is 3. The van der Waals surface area contributed by atoms with Gasteiger partial charge in [0.2, 0.25) is 6.08 Å². The third-order valence-corrected chi connectivity index (χ3v) is 4.93. The number of isocyanates is 1. The van der Waals surface area contributed by atoms with E-state index in [1.54, 1.807) is 60.7 Å². The van der Waals surface area contributed by atoms with Crippen LogP contribution in [0, 0.1) is 0 Å². The van der Waals surface area contributed by atoms with E-state index >= 15 is 0 Å². The van der Waals surface area contributed by atoms with Crippen LogP contribution in [0.15, 0.2) is 121 Å². The highest BCUT2D eigenvalue weighted by molar-refractivity contribution is 5.85. The van der Waals surface area contributed by atoms with E-state index in [0.717, 1.165) is 12.2 Å². The number of carbonyl (C=O) groups is 4. The summed E-state index contributed by atoms with van der Waals surface area (Å²) in [7, 11) is 0. The van der Waals surface area contributed by atoms with E-state index in [0.29, 0.717) is 17.1 Å². The van der Waals surface area contributed by atoms with Crippen LogP contribution in [0.2, 0.25) is 0 Å². The molecule has 0 saturated heterocycles.